The van der Waals surface area contributed by atoms with Crippen LogP contribution in [0.3, 0.4) is 0 Å². The molecule has 1 N–H and O–H groups in total. The monoisotopic (exact) mass is 460 g/mol. The van der Waals surface area contributed by atoms with Crippen LogP contribution < -0.4 is 14.9 Å². The van der Waals surface area contributed by atoms with Crippen molar-refractivity contribution >= 4 is 46.2 Å². The van der Waals surface area contributed by atoms with E-state index in [1.807, 2.05) is 58.0 Å². The summed E-state index contributed by atoms with van der Waals surface area (Å²) in [5.74, 6) is 0.506. The maximum absolute atomic E-state index is 11.8. The molecule has 0 bridgehead atoms. The highest BCUT2D eigenvalue weighted by atomic mass is 32.1. The molecular formula is C24H20N4O2S2. The van der Waals surface area contributed by atoms with E-state index < -0.39 is 0 Å². The molecule has 1 aliphatic rings. The largest absolute Gasteiger partial charge is 0.482 e. The summed E-state index contributed by atoms with van der Waals surface area (Å²) in [4.78, 5) is 18.4. The molecule has 0 aliphatic carbocycles. The van der Waals surface area contributed by atoms with Crippen molar-refractivity contribution in [2.45, 2.75) is 13.8 Å². The van der Waals surface area contributed by atoms with Crippen LogP contribution >= 0.6 is 22.7 Å². The van der Waals surface area contributed by atoms with Crippen LogP contribution in [0.4, 0.5) is 11.4 Å². The minimum Gasteiger partial charge on any atom is -0.482 e. The molecule has 0 saturated carbocycles. The van der Waals surface area contributed by atoms with Gasteiger partial charge in [-0.3, -0.25) is 4.79 Å². The third-order valence-corrected chi connectivity index (χ3v) is 6.78. The number of hydrogen-bond acceptors (Lipinski definition) is 6. The zero-order valence-corrected chi connectivity index (χ0v) is 19.2. The van der Waals surface area contributed by atoms with Crippen LogP contribution in [0.2, 0.25) is 0 Å². The minimum absolute atomic E-state index is 0.0366. The second-order valence-corrected chi connectivity index (χ2v) is 9.22. The van der Waals surface area contributed by atoms with E-state index in [-0.39, 0.29) is 12.5 Å². The van der Waals surface area contributed by atoms with Crippen LogP contribution in [0.25, 0.3) is 11.3 Å². The summed E-state index contributed by atoms with van der Waals surface area (Å²) in [7, 11) is 0. The lowest BCUT2D eigenvalue weighted by Crippen LogP contribution is -2.25. The smallest absolute Gasteiger partial charge is 0.262 e. The average Bonchev–Trinajstić information content (AvgIpc) is 3.44. The molecule has 0 radical (unpaired) electrons. The number of thiophene rings is 1. The van der Waals surface area contributed by atoms with E-state index in [0.717, 1.165) is 26.6 Å². The summed E-state index contributed by atoms with van der Waals surface area (Å²) in [6, 6.07) is 15.9. The quantitative estimate of drug-likeness (QED) is 0.418. The van der Waals surface area contributed by atoms with Gasteiger partial charge in [-0.15, -0.1) is 22.7 Å². The molecule has 5 rings (SSSR count). The van der Waals surface area contributed by atoms with Gasteiger partial charge in [-0.1, -0.05) is 12.1 Å². The molecule has 6 nitrogen and oxygen atoms in total. The molecule has 32 heavy (non-hydrogen) atoms. The van der Waals surface area contributed by atoms with E-state index >= 15 is 0 Å². The molecule has 0 saturated heterocycles. The lowest BCUT2D eigenvalue weighted by Gasteiger charge is -2.18. The first-order valence-corrected chi connectivity index (χ1v) is 11.8. The number of hydrogen-bond donors (Lipinski definition) is 1. The first-order valence-electron chi connectivity index (χ1n) is 10.0. The summed E-state index contributed by atoms with van der Waals surface area (Å²) < 4.78 is 7.34. The van der Waals surface area contributed by atoms with Crippen molar-refractivity contribution in [3.05, 3.63) is 80.1 Å². The minimum atomic E-state index is -0.158. The third-order valence-electron chi connectivity index (χ3n) is 5.15. The Labute approximate surface area is 193 Å². The zero-order valence-electron chi connectivity index (χ0n) is 17.5. The number of fused-ring (bicyclic) bond motifs is 1. The number of aryl methyl sites for hydroxylation is 2. The normalized spacial score (nSPS) is 13.8. The second-order valence-electron chi connectivity index (χ2n) is 7.40. The van der Waals surface area contributed by atoms with Crippen molar-refractivity contribution < 1.29 is 9.53 Å². The molecule has 0 unspecified atom stereocenters. The summed E-state index contributed by atoms with van der Waals surface area (Å²) >= 11 is 3.14. The van der Waals surface area contributed by atoms with Crippen molar-refractivity contribution in [1.29, 1.82) is 0 Å². The lowest BCUT2D eigenvalue weighted by molar-refractivity contribution is -0.118. The number of thiazole rings is 1. The third kappa shape index (κ3) is 4.15. The number of nitrogens with one attached hydrogen (secondary N) is 1. The summed E-state index contributed by atoms with van der Waals surface area (Å²) in [6.45, 7) is 4.21. The molecule has 0 atom stereocenters. The van der Waals surface area contributed by atoms with E-state index in [0.29, 0.717) is 11.4 Å². The highest BCUT2D eigenvalue weighted by Crippen LogP contribution is 2.33. The number of amides is 1. The first kappa shape index (κ1) is 20.4. The van der Waals surface area contributed by atoms with Crippen LogP contribution in [0.1, 0.15) is 16.0 Å². The SMILES string of the molecule is Cc1ccc(N=c2scc(-c3ccc4c(c3)NC(=O)CO4)n2N=Cc2cccs2)cc1C. The van der Waals surface area contributed by atoms with Gasteiger partial charge in [0.05, 0.1) is 23.3 Å². The molecule has 2 aromatic carbocycles. The molecule has 160 valence electrons. The Morgan fingerprint density at radius 2 is 2.00 bits per heavy atom. The van der Waals surface area contributed by atoms with Crippen molar-refractivity contribution in [1.82, 2.24) is 4.68 Å². The Hall–Kier alpha value is -3.49. The Morgan fingerprint density at radius 3 is 2.81 bits per heavy atom. The van der Waals surface area contributed by atoms with Gasteiger partial charge in [0.2, 0.25) is 4.80 Å². The standard InChI is InChI=1S/C24H20N4O2S2/c1-15-5-7-18(10-16(15)2)26-24-28(25-12-19-4-3-9-31-19)21(14-32-24)17-6-8-22-20(11-17)27-23(29)13-30-22/h3-12,14H,13H2,1-2H3,(H,27,29). The van der Waals surface area contributed by atoms with Crippen LogP contribution in [-0.2, 0) is 4.79 Å². The molecule has 8 heteroatoms. The fourth-order valence-electron chi connectivity index (χ4n) is 3.31. The highest BCUT2D eigenvalue weighted by Gasteiger charge is 2.18. The predicted molar refractivity (Wildman–Crippen MR) is 130 cm³/mol. The van der Waals surface area contributed by atoms with Gasteiger partial charge in [-0.2, -0.15) is 5.10 Å². The predicted octanol–water partition coefficient (Wildman–Crippen LogP) is 5.34. The summed E-state index contributed by atoms with van der Waals surface area (Å²) in [5.41, 5.74) is 5.77. The molecule has 1 amide bonds. The van der Waals surface area contributed by atoms with E-state index in [1.54, 1.807) is 11.3 Å². The highest BCUT2D eigenvalue weighted by molar-refractivity contribution is 7.11. The number of aromatic nitrogens is 1. The molecule has 1 aliphatic heterocycles. The maximum Gasteiger partial charge on any atom is 0.262 e. The Morgan fingerprint density at radius 1 is 1.09 bits per heavy atom. The molecule has 2 aromatic heterocycles. The average molecular weight is 461 g/mol. The number of benzene rings is 2. The zero-order chi connectivity index (χ0) is 22.1. The van der Waals surface area contributed by atoms with Gasteiger partial charge in [-0.25, -0.2) is 9.67 Å². The maximum atomic E-state index is 11.8. The van der Waals surface area contributed by atoms with Crippen molar-refractivity contribution in [2.75, 3.05) is 11.9 Å². The van der Waals surface area contributed by atoms with Gasteiger partial charge in [0.1, 0.15) is 5.75 Å². The van der Waals surface area contributed by atoms with Gasteiger partial charge >= 0.3 is 0 Å². The van der Waals surface area contributed by atoms with E-state index in [9.17, 15) is 4.79 Å². The van der Waals surface area contributed by atoms with Crippen LogP contribution in [0.5, 0.6) is 5.75 Å². The van der Waals surface area contributed by atoms with Gasteiger partial charge in [0, 0.05) is 15.8 Å². The molecule has 4 aromatic rings. The van der Waals surface area contributed by atoms with Crippen molar-refractivity contribution in [3.8, 4) is 17.0 Å². The fourth-order valence-corrected chi connectivity index (χ4v) is 4.75. The number of carbonyl (C=O) groups excluding carboxylic acids is 1. The first-order chi connectivity index (χ1) is 15.6. The van der Waals surface area contributed by atoms with Crippen molar-refractivity contribution in [2.24, 2.45) is 10.1 Å². The Bertz CT molecular complexity index is 1400. The molecule has 3 heterocycles. The van der Waals surface area contributed by atoms with E-state index in [4.69, 9.17) is 14.8 Å². The number of carbonyl (C=O) groups is 1. The Kier molecular flexibility index (Phi) is 5.46. The van der Waals surface area contributed by atoms with E-state index in [2.05, 4.69) is 31.3 Å². The number of rotatable bonds is 4. The van der Waals surface area contributed by atoms with Crippen LogP contribution in [-0.4, -0.2) is 23.4 Å². The van der Waals surface area contributed by atoms with Crippen LogP contribution in [0, 0.1) is 13.8 Å². The Balaban J connectivity index is 1.63. The number of ether oxygens (including phenoxy) is 1. The molecule has 0 spiro atoms. The van der Waals surface area contributed by atoms with Crippen LogP contribution in [0.15, 0.2) is 69.4 Å². The summed E-state index contributed by atoms with van der Waals surface area (Å²) in [6.07, 6.45) is 1.84. The topological polar surface area (TPSA) is 68.0 Å². The van der Waals surface area contributed by atoms with Gasteiger partial charge in [0.25, 0.3) is 5.91 Å². The molecule has 0 fully saturated rings. The fraction of sp³-hybridized carbons (Fsp3) is 0.125. The molecular weight excluding hydrogens is 440 g/mol. The van der Waals surface area contributed by atoms with Gasteiger partial charge in [-0.05, 0) is 66.8 Å². The second kappa shape index (κ2) is 8.57. The lowest BCUT2D eigenvalue weighted by atomic mass is 10.1. The summed E-state index contributed by atoms with van der Waals surface area (Å²) in [5, 5.41) is 11.7. The van der Waals surface area contributed by atoms with Gasteiger partial charge in [0.15, 0.2) is 6.61 Å². The van der Waals surface area contributed by atoms with Crippen molar-refractivity contribution in [3.63, 3.8) is 0 Å². The number of nitrogens with zero attached hydrogens (tertiary/aromatic N) is 3. The van der Waals surface area contributed by atoms with E-state index in [1.165, 1.54) is 22.5 Å². The van der Waals surface area contributed by atoms with Gasteiger partial charge < -0.3 is 10.1 Å². The number of anilines is 1.